The highest BCUT2D eigenvalue weighted by molar-refractivity contribution is 6.32. The monoisotopic (exact) mass is 228 g/mol. The fourth-order valence-corrected chi connectivity index (χ4v) is 1.27. The second-order valence-corrected chi connectivity index (χ2v) is 3.47. The van der Waals surface area contributed by atoms with E-state index in [9.17, 15) is 9.90 Å². The van der Waals surface area contributed by atoms with Crippen molar-refractivity contribution < 1.29 is 9.90 Å². The zero-order valence-electron chi connectivity index (χ0n) is 8.38. The maximum Gasteiger partial charge on any atom is 0.233 e. The van der Waals surface area contributed by atoms with Gasteiger partial charge in [-0.25, -0.2) is 0 Å². The standard InChI is InChI=1S/C10H13ClN2O2/c1-12-10(15)6-13-5-7-2-3-9(14)8(11)4-7/h2-4,13-14H,5-6H2,1H3,(H,12,15). The molecule has 0 radical (unpaired) electrons. The van der Waals surface area contributed by atoms with Gasteiger partial charge in [0.15, 0.2) is 0 Å². The average Bonchev–Trinajstić information content (AvgIpc) is 2.23. The quantitative estimate of drug-likeness (QED) is 0.717. The molecule has 82 valence electrons. The third-order valence-corrected chi connectivity index (χ3v) is 2.21. The summed E-state index contributed by atoms with van der Waals surface area (Å²) in [6.45, 7) is 0.794. The largest absolute Gasteiger partial charge is 0.506 e. The lowest BCUT2D eigenvalue weighted by molar-refractivity contribution is -0.119. The Morgan fingerprint density at radius 3 is 2.87 bits per heavy atom. The SMILES string of the molecule is CNC(=O)CNCc1ccc(O)c(Cl)c1. The van der Waals surface area contributed by atoms with Gasteiger partial charge in [0, 0.05) is 13.6 Å². The number of phenolic OH excluding ortho intramolecular Hbond substituents is 1. The number of rotatable bonds is 4. The number of carbonyl (C=O) groups is 1. The van der Waals surface area contributed by atoms with Crippen molar-refractivity contribution in [2.45, 2.75) is 6.54 Å². The number of benzene rings is 1. The van der Waals surface area contributed by atoms with Crippen LogP contribution in [-0.2, 0) is 11.3 Å². The van der Waals surface area contributed by atoms with Crippen molar-refractivity contribution in [3.63, 3.8) is 0 Å². The van der Waals surface area contributed by atoms with Gasteiger partial charge in [-0.1, -0.05) is 17.7 Å². The van der Waals surface area contributed by atoms with Crippen molar-refractivity contribution in [2.24, 2.45) is 0 Å². The molecule has 1 aromatic rings. The van der Waals surface area contributed by atoms with E-state index >= 15 is 0 Å². The highest BCUT2D eigenvalue weighted by Gasteiger charge is 2.01. The van der Waals surface area contributed by atoms with Crippen LogP contribution < -0.4 is 10.6 Å². The number of hydrogen-bond acceptors (Lipinski definition) is 3. The lowest BCUT2D eigenvalue weighted by atomic mass is 10.2. The molecule has 0 saturated carbocycles. The molecule has 0 spiro atoms. The molecule has 0 saturated heterocycles. The van der Waals surface area contributed by atoms with Gasteiger partial charge in [0.25, 0.3) is 0 Å². The minimum atomic E-state index is -0.0696. The Kier molecular flexibility index (Phi) is 4.39. The second-order valence-electron chi connectivity index (χ2n) is 3.06. The van der Waals surface area contributed by atoms with Crippen LogP contribution in [0.4, 0.5) is 0 Å². The lowest BCUT2D eigenvalue weighted by Gasteiger charge is -2.05. The van der Waals surface area contributed by atoms with Crippen LogP contribution in [0.2, 0.25) is 5.02 Å². The smallest absolute Gasteiger partial charge is 0.233 e. The van der Waals surface area contributed by atoms with Gasteiger partial charge < -0.3 is 15.7 Å². The zero-order valence-corrected chi connectivity index (χ0v) is 9.14. The van der Waals surface area contributed by atoms with Crippen LogP contribution in [0.3, 0.4) is 0 Å². The molecule has 0 heterocycles. The maximum absolute atomic E-state index is 10.9. The summed E-state index contributed by atoms with van der Waals surface area (Å²) in [6, 6.07) is 4.94. The first-order chi connectivity index (χ1) is 7.13. The number of phenols is 1. The number of halogens is 1. The van der Waals surface area contributed by atoms with Gasteiger partial charge in [0.05, 0.1) is 11.6 Å². The molecule has 0 atom stereocenters. The normalized spacial score (nSPS) is 10.0. The molecule has 0 aromatic heterocycles. The molecule has 0 fully saturated rings. The summed E-state index contributed by atoms with van der Waals surface area (Å²) in [5, 5.41) is 14.9. The summed E-state index contributed by atoms with van der Waals surface area (Å²) >= 11 is 5.73. The summed E-state index contributed by atoms with van der Waals surface area (Å²) in [6.07, 6.45) is 0. The molecule has 1 rings (SSSR count). The van der Waals surface area contributed by atoms with Crippen molar-refractivity contribution >= 4 is 17.5 Å². The summed E-state index contributed by atoms with van der Waals surface area (Å²) in [5.74, 6) is -0.00778. The van der Waals surface area contributed by atoms with Crippen molar-refractivity contribution in [1.82, 2.24) is 10.6 Å². The lowest BCUT2D eigenvalue weighted by Crippen LogP contribution is -2.30. The van der Waals surface area contributed by atoms with Crippen molar-refractivity contribution in [3.8, 4) is 5.75 Å². The molecule has 1 aromatic carbocycles. The van der Waals surface area contributed by atoms with E-state index in [1.807, 2.05) is 0 Å². The van der Waals surface area contributed by atoms with E-state index in [1.54, 1.807) is 19.2 Å². The van der Waals surface area contributed by atoms with Crippen LogP contribution in [-0.4, -0.2) is 24.6 Å². The van der Waals surface area contributed by atoms with Crippen LogP contribution in [0, 0.1) is 0 Å². The maximum atomic E-state index is 10.9. The van der Waals surface area contributed by atoms with Gasteiger partial charge in [-0.05, 0) is 17.7 Å². The Balaban J connectivity index is 2.44. The minimum Gasteiger partial charge on any atom is -0.506 e. The number of amides is 1. The minimum absolute atomic E-state index is 0.0618. The number of hydrogen-bond donors (Lipinski definition) is 3. The first-order valence-electron chi connectivity index (χ1n) is 4.52. The molecule has 1 amide bonds. The van der Waals surface area contributed by atoms with Gasteiger partial charge in [0.2, 0.25) is 5.91 Å². The molecule has 0 bridgehead atoms. The van der Waals surface area contributed by atoms with E-state index in [-0.39, 0.29) is 18.2 Å². The first-order valence-corrected chi connectivity index (χ1v) is 4.90. The molecule has 3 N–H and O–H groups in total. The molecule has 5 heteroatoms. The summed E-state index contributed by atoms with van der Waals surface area (Å²) in [4.78, 5) is 10.9. The molecular weight excluding hydrogens is 216 g/mol. The van der Waals surface area contributed by atoms with Crippen LogP contribution in [0.15, 0.2) is 18.2 Å². The topological polar surface area (TPSA) is 61.4 Å². The van der Waals surface area contributed by atoms with Crippen molar-refractivity contribution in [2.75, 3.05) is 13.6 Å². The number of likely N-dealkylation sites (N-methyl/N-ethyl adjacent to an activating group) is 1. The van der Waals surface area contributed by atoms with Gasteiger partial charge >= 0.3 is 0 Å². The zero-order chi connectivity index (χ0) is 11.3. The third kappa shape index (κ3) is 3.77. The van der Waals surface area contributed by atoms with E-state index in [0.29, 0.717) is 11.6 Å². The average molecular weight is 229 g/mol. The van der Waals surface area contributed by atoms with Gasteiger partial charge in [-0.2, -0.15) is 0 Å². The molecule has 0 aliphatic carbocycles. The Morgan fingerprint density at radius 2 is 2.27 bits per heavy atom. The number of aromatic hydroxyl groups is 1. The molecule has 0 aliphatic rings. The molecule has 0 unspecified atom stereocenters. The Hall–Kier alpha value is -1.26. The van der Waals surface area contributed by atoms with Crippen molar-refractivity contribution in [1.29, 1.82) is 0 Å². The highest BCUT2D eigenvalue weighted by Crippen LogP contribution is 2.23. The Labute approximate surface area is 93.2 Å². The summed E-state index contributed by atoms with van der Waals surface area (Å²) < 4.78 is 0. The predicted octanol–water partition coefficient (Wildman–Crippen LogP) is 0.881. The fraction of sp³-hybridized carbons (Fsp3) is 0.300. The Bertz CT molecular complexity index is 355. The van der Waals surface area contributed by atoms with E-state index in [4.69, 9.17) is 11.6 Å². The Morgan fingerprint density at radius 1 is 1.53 bits per heavy atom. The first kappa shape index (κ1) is 11.8. The third-order valence-electron chi connectivity index (χ3n) is 1.91. The summed E-state index contributed by atoms with van der Waals surface area (Å²) in [5.41, 5.74) is 0.918. The van der Waals surface area contributed by atoms with Crippen LogP contribution >= 0.6 is 11.6 Å². The van der Waals surface area contributed by atoms with E-state index < -0.39 is 0 Å². The molecule has 0 aliphatic heterocycles. The predicted molar refractivity (Wildman–Crippen MR) is 58.9 cm³/mol. The number of nitrogens with one attached hydrogen (secondary N) is 2. The van der Waals surface area contributed by atoms with E-state index in [2.05, 4.69) is 10.6 Å². The van der Waals surface area contributed by atoms with Crippen molar-refractivity contribution in [3.05, 3.63) is 28.8 Å². The second kappa shape index (κ2) is 5.58. The van der Waals surface area contributed by atoms with Gasteiger partial charge in [-0.15, -0.1) is 0 Å². The van der Waals surface area contributed by atoms with E-state index in [1.165, 1.54) is 6.07 Å². The summed E-state index contributed by atoms with van der Waals surface area (Å²) in [7, 11) is 1.58. The van der Waals surface area contributed by atoms with Crippen LogP contribution in [0.5, 0.6) is 5.75 Å². The molecule has 15 heavy (non-hydrogen) atoms. The van der Waals surface area contributed by atoms with Crippen LogP contribution in [0.25, 0.3) is 0 Å². The van der Waals surface area contributed by atoms with E-state index in [0.717, 1.165) is 5.56 Å². The highest BCUT2D eigenvalue weighted by atomic mass is 35.5. The number of carbonyl (C=O) groups excluding carboxylic acids is 1. The van der Waals surface area contributed by atoms with Crippen LogP contribution in [0.1, 0.15) is 5.56 Å². The fourth-order valence-electron chi connectivity index (χ4n) is 1.07. The molecular formula is C10H13ClN2O2. The van der Waals surface area contributed by atoms with Gasteiger partial charge in [0.1, 0.15) is 5.75 Å². The molecule has 4 nitrogen and oxygen atoms in total. The van der Waals surface area contributed by atoms with Gasteiger partial charge in [-0.3, -0.25) is 4.79 Å².